The number of nitrogens with one attached hydrogen (secondary N) is 1. The maximum atomic E-state index is 11.7. The van der Waals surface area contributed by atoms with Crippen molar-refractivity contribution in [1.82, 2.24) is 5.32 Å². The van der Waals surface area contributed by atoms with E-state index in [0.717, 1.165) is 19.3 Å². The first-order valence-corrected chi connectivity index (χ1v) is 6.76. The lowest BCUT2D eigenvalue weighted by Gasteiger charge is -2.55. The number of carbonyl (C=O) groups is 1. The van der Waals surface area contributed by atoms with Gasteiger partial charge in [0.1, 0.15) is 0 Å². The first-order chi connectivity index (χ1) is 8.55. The first kappa shape index (κ1) is 15.2. The average Bonchev–Trinajstić information content (AvgIpc) is 2.37. The third-order valence-electron chi connectivity index (χ3n) is 4.29. The summed E-state index contributed by atoms with van der Waals surface area (Å²) < 4.78 is 5.75. The third kappa shape index (κ3) is 2.59. The molecule has 0 radical (unpaired) electrons. The Labute approximate surface area is 109 Å². The molecule has 18 heavy (non-hydrogen) atoms. The zero-order valence-corrected chi connectivity index (χ0v) is 11.7. The fourth-order valence-corrected chi connectivity index (χ4v) is 2.92. The molecule has 1 aliphatic carbocycles. The van der Waals surface area contributed by atoms with Gasteiger partial charge in [-0.15, -0.1) is 0 Å². The van der Waals surface area contributed by atoms with Crippen LogP contribution in [-0.2, 0) is 9.53 Å². The zero-order chi connectivity index (χ0) is 13.8. The highest BCUT2D eigenvalue weighted by molar-refractivity contribution is 5.93. The summed E-state index contributed by atoms with van der Waals surface area (Å²) in [7, 11) is 0. The molecular formula is C14H25NO3. The number of hydrogen-bond donors (Lipinski definition) is 2. The van der Waals surface area contributed by atoms with Crippen LogP contribution in [0.25, 0.3) is 0 Å². The van der Waals surface area contributed by atoms with Crippen molar-refractivity contribution in [2.24, 2.45) is 5.41 Å². The molecule has 4 nitrogen and oxygen atoms in total. The van der Waals surface area contributed by atoms with Crippen LogP contribution in [0.2, 0.25) is 0 Å². The van der Waals surface area contributed by atoms with Crippen LogP contribution in [-0.4, -0.2) is 36.4 Å². The van der Waals surface area contributed by atoms with E-state index in [-0.39, 0.29) is 35.6 Å². The van der Waals surface area contributed by atoms with Gasteiger partial charge in [0.25, 0.3) is 0 Å². The Balaban J connectivity index is 2.67. The second-order valence-electron chi connectivity index (χ2n) is 4.91. The SMILES string of the molecule is C=C(CO)C(=O)N[C@@H]1C[C@@H](OCC)C1(CC)CC. The monoisotopic (exact) mass is 255 g/mol. The van der Waals surface area contributed by atoms with E-state index in [4.69, 9.17) is 9.84 Å². The van der Waals surface area contributed by atoms with Gasteiger partial charge in [0.05, 0.1) is 12.7 Å². The lowest BCUT2D eigenvalue weighted by molar-refractivity contribution is -0.146. The van der Waals surface area contributed by atoms with Crippen LogP contribution in [0.15, 0.2) is 12.2 Å². The standard InChI is InChI=1S/C14H25NO3/c1-5-14(6-2)11(8-12(14)18-7-3)15-13(17)10(4)9-16/h11-12,16H,4-9H2,1-3H3,(H,15,17)/t11-,12-/m1/s1. The summed E-state index contributed by atoms with van der Waals surface area (Å²) in [5.74, 6) is -0.247. The van der Waals surface area contributed by atoms with Crippen LogP contribution in [0.4, 0.5) is 0 Å². The minimum Gasteiger partial charge on any atom is -0.391 e. The summed E-state index contributed by atoms with van der Waals surface area (Å²) >= 11 is 0. The molecule has 0 unspecified atom stereocenters. The number of carbonyl (C=O) groups excluding carboxylic acids is 1. The van der Waals surface area contributed by atoms with Gasteiger partial charge in [0, 0.05) is 23.6 Å². The molecule has 0 aliphatic heterocycles. The summed E-state index contributed by atoms with van der Waals surface area (Å²) in [6.07, 6.45) is 3.03. The van der Waals surface area contributed by atoms with Crippen LogP contribution >= 0.6 is 0 Å². The average molecular weight is 255 g/mol. The van der Waals surface area contributed by atoms with E-state index in [1.54, 1.807) is 0 Å². The predicted octanol–water partition coefficient (Wildman–Crippen LogP) is 1.63. The van der Waals surface area contributed by atoms with Crippen LogP contribution in [0, 0.1) is 5.41 Å². The second kappa shape index (κ2) is 6.34. The molecule has 0 aromatic carbocycles. The van der Waals surface area contributed by atoms with Crippen molar-refractivity contribution in [3.8, 4) is 0 Å². The largest absolute Gasteiger partial charge is 0.391 e. The molecule has 0 saturated heterocycles. The molecule has 1 amide bonds. The fraction of sp³-hybridized carbons (Fsp3) is 0.786. The van der Waals surface area contributed by atoms with Gasteiger partial charge in [-0.1, -0.05) is 20.4 Å². The number of amides is 1. The van der Waals surface area contributed by atoms with E-state index in [1.807, 2.05) is 6.92 Å². The molecule has 0 aromatic rings. The number of ether oxygens (including phenoxy) is 1. The van der Waals surface area contributed by atoms with E-state index >= 15 is 0 Å². The molecule has 1 saturated carbocycles. The molecule has 0 aromatic heterocycles. The van der Waals surface area contributed by atoms with Gasteiger partial charge < -0.3 is 15.2 Å². The third-order valence-corrected chi connectivity index (χ3v) is 4.29. The van der Waals surface area contributed by atoms with Crippen molar-refractivity contribution in [2.75, 3.05) is 13.2 Å². The predicted molar refractivity (Wildman–Crippen MR) is 71.2 cm³/mol. The van der Waals surface area contributed by atoms with Gasteiger partial charge in [-0.05, 0) is 26.2 Å². The highest BCUT2D eigenvalue weighted by Crippen LogP contribution is 2.48. The molecule has 2 atom stereocenters. The summed E-state index contributed by atoms with van der Waals surface area (Å²) in [6, 6.07) is 0.125. The van der Waals surface area contributed by atoms with E-state index in [0.29, 0.717) is 6.61 Å². The molecule has 4 heteroatoms. The maximum absolute atomic E-state index is 11.7. The molecular weight excluding hydrogens is 230 g/mol. The quantitative estimate of drug-likeness (QED) is 0.680. The topological polar surface area (TPSA) is 58.6 Å². The van der Waals surface area contributed by atoms with Crippen LogP contribution in [0.1, 0.15) is 40.0 Å². The Morgan fingerprint density at radius 3 is 2.50 bits per heavy atom. The number of aliphatic hydroxyl groups is 1. The molecule has 2 N–H and O–H groups in total. The Morgan fingerprint density at radius 1 is 1.44 bits per heavy atom. The van der Waals surface area contributed by atoms with Crippen LogP contribution in [0.5, 0.6) is 0 Å². The smallest absolute Gasteiger partial charge is 0.249 e. The Kier molecular flexibility index (Phi) is 5.35. The number of hydrogen-bond acceptors (Lipinski definition) is 3. The first-order valence-electron chi connectivity index (χ1n) is 6.76. The highest BCUT2D eigenvalue weighted by Gasteiger charge is 2.53. The minimum atomic E-state index is -0.293. The summed E-state index contributed by atoms with van der Waals surface area (Å²) in [4.78, 5) is 11.7. The second-order valence-corrected chi connectivity index (χ2v) is 4.91. The lowest BCUT2D eigenvalue weighted by atomic mass is 9.58. The number of rotatable bonds is 7. The fourth-order valence-electron chi connectivity index (χ4n) is 2.92. The molecule has 0 bridgehead atoms. The van der Waals surface area contributed by atoms with Gasteiger partial charge >= 0.3 is 0 Å². The van der Waals surface area contributed by atoms with Crippen molar-refractivity contribution >= 4 is 5.91 Å². The molecule has 1 aliphatic rings. The van der Waals surface area contributed by atoms with E-state index in [9.17, 15) is 4.79 Å². The molecule has 104 valence electrons. The Hall–Kier alpha value is -0.870. The zero-order valence-electron chi connectivity index (χ0n) is 11.7. The van der Waals surface area contributed by atoms with Crippen molar-refractivity contribution < 1.29 is 14.6 Å². The van der Waals surface area contributed by atoms with Crippen molar-refractivity contribution in [1.29, 1.82) is 0 Å². The molecule has 1 fully saturated rings. The van der Waals surface area contributed by atoms with Gasteiger partial charge in [0.15, 0.2) is 0 Å². The van der Waals surface area contributed by atoms with Crippen molar-refractivity contribution in [3.63, 3.8) is 0 Å². The Bertz CT molecular complexity index is 310. The van der Waals surface area contributed by atoms with Gasteiger partial charge in [-0.3, -0.25) is 4.79 Å². The minimum absolute atomic E-state index is 0.0292. The summed E-state index contributed by atoms with van der Waals surface area (Å²) in [6.45, 7) is 10.2. The van der Waals surface area contributed by atoms with Crippen LogP contribution < -0.4 is 5.32 Å². The summed E-state index contributed by atoms with van der Waals surface area (Å²) in [5, 5.41) is 11.9. The van der Waals surface area contributed by atoms with Gasteiger partial charge in [0.2, 0.25) is 5.91 Å². The highest BCUT2D eigenvalue weighted by atomic mass is 16.5. The Morgan fingerprint density at radius 2 is 2.06 bits per heavy atom. The van der Waals surface area contributed by atoms with E-state index < -0.39 is 0 Å². The van der Waals surface area contributed by atoms with Crippen molar-refractivity contribution in [3.05, 3.63) is 12.2 Å². The maximum Gasteiger partial charge on any atom is 0.249 e. The molecule has 0 heterocycles. The normalized spacial score (nSPS) is 25.3. The summed E-state index contributed by atoms with van der Waals surface area (Å²) in [5.41, 5.74) is 0.248. The van der Waals surface area contributed by atoms with Crippen LogP contribution in [0.3, 0.4) is 0 Å². The molecule has 1 rings (SSSR count). The van der Waals surface area contributed by atoms with Gasteiger partial charge in [-0.2, -0.15) is 0 Å². The van der Waals surface area contributed by atoms with E-state index in [2.05, 4.69) is 25.7 Å². The molecule has 0 spiro atoms. The van der Waals surface area contributed by atoms with E-state index in [1.165, 1.54) is 0 Å². The van der Waals surface area contributed by atoms with Crippen molar-refractivity contribution in [2.45, 2.75) is 52.2 Å². The van der Waals surface area contributed by atoms with Gasteiger partial charge in [-0.25, -0.2) is 0 Å². The number of aliphatic hydroxyl groups excluding tert-OH is 1. The lowest BCUT2D eigenvalue weighted by Crippen LogP contribution is -2.64.